The van der Waals surface area contributed by atoms with Crippen LogP contribution in [-0.2, 0) is 35.0 Å². The van der Waals surface area contributed by atoms with Crippen LogP contribution in [0.3, 0.4) is 0 Å². The highest BCUT2D eigenvalue weighted by Gasteiger charge is 1.93. The molecule has 2 N–H and O–H groups in total. The molecule has 8 heteroatoms. The van der Waals surface area contributed by atoms with Crippen molar-refractivity contribution in [1.29, 1.82) is 0 Å². The van der Waals surface area contributed by atoms with Gasteiger partial charge in [-0.15, -0.1) is 0 Å². The Bertz CT molecular complexity index is 375. The van der Waals surface area contributed by atoms with Gasteiger partial charge in [0, 0.05) is 7.11 Å². The standard InChI is InChI=1S/C12H26O7.C8H10O/c13-1-3-15-5-7-17-9-11-19-12-10-18-8-6-16-4-2-14;1-9-7-8-5-3-2-4-6-8/h13-14H,1-12H2;2-6H,7H2,1H3. The third-order valence-corrected chi connectivity index (χ3v) is 3.11. The van der Waals surface area contributed by atoms with Gasteiger partial charge in [-0.3, -0.25) is 0 Å². The number of hydrogen-bond donors (Lipinski definition) is 2. The van der Waals surface area contributed by atoms with Crippen molar-refractivity contribution in [3.63, 3.8) is 0 Å². The number of methoxy groups -OCH3 is 1. The van der Waals surface area contributed by atoms with E-state index in [1.165, 1.54) is 5.56 Å². The summed E-state index contributed by atoms with van der Waals surface area (Å²) < 4.78 is 30.7. The minimum absolute atomic E-state index is 0.0359. The minimum Gasteiger partial charge on any atom is -0.394 e. The maximum Gasteiger partial charge on any atom is 0.0713 e. The Hall–Kier alpha value is -1.10. The second-order valence-electron chi connectivity index (χ2n) is 5.43. The zero-order valence-electron chi connectivity index (χ0n) is 16.9. The highest BCUT2D eigenvalue weighted by atomic mass is 16.6. The van der Waals surface area contributed by atoms with E-state index in [9.17, 15) is 0 Å². The molecule has 1 rings (SSSR count). The van der Waals surface area contributed by atoms with Gasteiger partial charge in [-0.25, -0.2) is 0 Å². The van der Waals surface area contributed by atoms with Gasteiger partial charge < -0.3 is 38.6 Å². The molecule has 1 aromatic carbocycles. The molecule has 0 aromatic heterocycles. The molecule has 0 radical (unpaired) electrons. The van der Waals surface area contributed by atoms with Crippen LogP contribution in [0.15, 0.2) is 30.3 Å². The summed E-state index contributed by atoms with van der Waals surface area (Å²) in [6.45, 7) is 5.51. The molecule has 0 aliphatic heterocycles. The maximum absolute atomic E-state index is 8.45. The minimum atomic E-state index is 0.0359. The quantitative estimate of drug-likeness (QED) is 0.348. The third kappa shape index (κ3) is 21.2. The van der Waals surface area contributed by atoms with E-state index in [4.69, 9.17) is 38.6 Å². The molecule has 164 valence electrons. The molecule has 0 bridgehead atoms. The van der Waals surface area contributed by atoms with Crippen molar-refractivity contribution in [2.45, 2.75) is 6.61 Å². The summed E-state index contributed by atoms with van der Waals surface area (Å²) in [7, 11) is 1.70. The van der Waals surface area contributed by atoms with E-state index in [0.29, 0.717) is 72.7 Å². The van der Waals surface area contributed by atoms with Crippen molar-refractivity contribution in [3.8, 4) is 0 Å². The number of hydrogen-bond acceptors (Lipinski definition) is 8. The Balaban J connectivity index is 0.000000668. The summed E-state index contributed by atoms with van der Waals surface area (Å²) in [5.41, 5.74) is 1.22. The van der Waals surface area contributed by atoms with E-state index < -0.39 is 0 Å². The van der Waals surface area contributed by atoms with Crippen LogP contribution < -0.4 is 0 Å². The van der Waals surface area contributed by atoms with E-state index >= 15 is 0 Å². The van der Waals surface area contributed by atoms with Crippen molar-refractivity contribution < 1.29 is 38.6 Å². The van der Waals surface area contributed by atoms with E-state index in [1.807, 2.05) is 30.3 Å². The van der Waals surface area contributed by atoms with Crippen molar-refractivity contribution in [1.82, 2.24) is 0 Å². The first-order valence-corrected chi connectivity index (χ1v) is 9.48. The molecule has 0 fully saturated rings. The van der Waals surface area contributed by atoms with Crippen LogP contribution in [0.4, 0.5) is 0 Å². The molecule has 0 saturated heterocycles. The fraction of sp³-hybridized carbons (Fsp3) is 0.700. The average molecular weight is 405 g/mol. The number of aliphatic hydroxyl groups excluding tert-OH is 2. The lowest BCUT2D eigenvalue weighted by Crippen LogP contribution is -2.14. The first-order valence-electron chi connectivity index (χ1n) is 9.48. The lowest BCUT2D eigenvalue weighted by molar-refractivity contribution is -0.0151. The van der Waals surface area contributed by atoms with Crippen LogP contribution in [0.25, 0.3) is 0 Å². The van der Waals surface area contributed by atoms with Crippen LogP contribution in [-0.4, -0.2) is 96.6 Å². The molecule has 8 nitrogen and oxygen atoms in total. The predicted octanol–water partition coefficient (Wildman–Crippen LogP) is 0.887. The summed E-state index contributed by atoms with van der Waals surface area (Å²) in [6.07, 6.45) is 0. The molecular formula is C20H36O8. The summed E-state index contributed by atoms with van der Waals surface area (Å²) in [6, 6.07) is 10.1. The van der Waals surface area contributed by atoms with Crippen molar-refractivity contribution >= 4 is 0 Å². The zero-order valence-corrected chi connectivity index (χ0v) is 16.9. The molecule has 0 unspecified atom stereocenters. The third-order valence-electron chi connectivity index (χ3n) is 3.11. The van der Waals surface area contributed by atoms with Gasteiger partial charge >= 0.3 is 0 Å². The first-order chi connectivity index (χ1) is 13.8. The SMILES string of the molecule is COCc1ccccc1.OCCOCCOCCOCCOCCOCCO. The van der Waals surface area contributed by atoms with E-state index in [1.54, 1.807) is 7.11 Å². The van der Waals surface area contributed by atoms with Crippen LogP contribution in [0.2, 0.25) is 0 Å². The van der Waals surface area contributed by atoms with Crippen LogP contribution >= 0.6 is 0 Å². The fourth-order valence-electron chi connectivity index (χ4n) is 1.85. The molecule has 0 spiro atoms. The maximum atomic E-state index is 8.45. The van der Waals surface area contributed by atoms with Crippen LogP contribution in [0, 0.1) is 0 Å². The molecule has 0 heterocycles. The molecule has 0 aliphatic rings. The van der Waals surface area contributed by atoms with E-state index in [2.05, 4.69) is 0 Å². The molecule has 0 amide bonds. The first kappa shape index (κ1) is 26.9. The molecule has 0 aliphatic carbocycles. The summed E-state index contributed by atoms with van der Waals surface area (Å²) in [5, 5.41) is 16.9. The highest BCUT2D eigenvalue weighted by molar-refractivity contribution is 5.13. The highest BCUT2D eigenvalue weighted by Crippen LogP contribution is 1.98. The smallest absolute Gasteiger partial charge is 0.0713 e. The number of benzene rings is 1. The lowest BCUT2D eigenvalue weighted by atomic mass is 10.2. The van der Waals surface area contributed by atoms with Gasteiger partial charge in [-0.1, -0.05) is 30.3 Å². The van der Waals surface area contributed by atoms with Gasteiger partial charge in [0.15, 0.2) is 0 Å². The Labute approximate surface area is 168 Å². The number of aliphatic hydroxyl groups is 2. The van der Waals surface area contributed by atoms with Crippen molar-refractivity contribution in [3.05, 3.63) is 35.9 Å². The lowest BCUT2D eigenvalue weighted by Gasteiger charge is -2.07. The molecule has 1 aromatic rings. The van der Waals surface area contributed by atoms with Gasteiger partial charge in [0.05, 0.1) is 85.9 Å². The molecule has 0 saturated carbocycles. The van der Waals surface area contributed by atoms with Gasteiger partial charge in [-0.2, -0.15) is 0 Å². The summed E-state index contributed by atoms with van der Waals surface area (Å²) >= 11 is 0. The number of rotatable bonds is 18. The Morgan fingerprint density at radius 3 is 1.25 bits per heavy atom. The number of ether oxygens (including phenoxy) is 6. The largest absolute Gasteiger partial charge is 0.394 e. The average Bonchev–Trinajstić information content (AvgIpc) is 2.72. The van der Waals surface area contributed by atoms with Crippen molar-refractivity contribution in [2.75, 3.05) is 86.4 Å². The second-order valence-corrected chi connectivity index (χ2v) is 5.43. The van der Waals surface area contributed by atoms with Crippen LogP contribution in [0.5, 0.6) is 0 Å². The Morgan fingerprint density at radius 2 is 0.929 bits per heavy atom. The monoisotopic (exact) mass is 404 g/mol. The topological polar surface area (TPSA) is 95.8 Å². The van der Waals surface area contributed by atoms with Gasteiger partial charge in [0.2, 0.25) is 0 Å². The van der Waals surface area contributed by atoms with Gasteiger partial charge in [0.25, 0.3) is 0 Å². The Kier molecular flexibility index (Phi) is 23.0. The van der Waals surface area contributed by atoms with E-state index in [0.717, 1.165) is 0 Å². The second kappa shape index (κ2) is 23.9. The normalized spacial score (nSPS) is 10.5. The molecular weight excluding hydrogens is 368 g/mol. The van der Waals surface area contributed by atoms with Gasteiger partial charge in [0.1, 0.15) is 0 Å². The summed E-state index contributed by atoms with van der Waals surface area (Å²) in [4.78, 5) is 0. The summed E-state index contributed by atoms with van der Waals surface area (Å²) in [5.74, 6) is 0. The van der Waals surface area contributed by atoms with Crippen molar-refractivity contribution in [2.24, 2.45) is 0 Å². The zero-order chi connectivity index (χ0) is 20.5. The van der Waals surface area contributed by atoms with Gasteiger partial charge in [-0.05, 0) is 5.56 Å². The molecule has 0 atom stereocenters. The van der Waals surface area contributed by atoms with E-state index in [-0.39, 0.29) is 13.2 Å². The predicted molar refractivity (Wildman–Crippen MR) is 105 cm³/mol. The Morgan fingerprint density at radius 1 is 0.571 bits per heavy atom. The fourth-order valence-corrected chi connectivity index (χ4v) is 1.85. The molecule has 28 heavy (non-hydrogen) atoms. The van der Waals surface area contributed by atoms with Crippen LogP contribution in [0.1, 0.15) is 5.56 Å².